The second-order valence-electron chi connectivity index (χ2n) is 4.15. The highest BCUT2D eigenvalue weighted by atomic mass is 16.5. The van der Waals surface area contributed by atoms with Crippen LogP contribution in [0.2, 0.25) is 0 Å². The highest BCUT2D eigenvalue weighted by Crippen LogP contribution is 2.21. The van der Waals surface area contributed by atoms with Crippen molar-refractivity contribution in [1.29, 1.82) is 0 Å². The molecule has 4 N–H and O–H groups in total. The van der Waals surface area contributed by atoms with Crippen LogP contribution >= 0.6 is 0 Å². The van der Waals surface area contributed by atoms with Gasteiger partial charge in [0.15, 0.2) is 0 Å². The van der Waals surface area contributed by atoms with Gasteiger partial charge in [0, 0.05) is 0 Å². The van der Waals surface area contributed by atoms with Crippen LogP contribution in [-0.2, 0) is 0 Å². The fraction of sp³-hybridized carbons (Fsp3) is 0.0667. The maximum absolute atomic E-state index is 5.70. The Bertz CT molecular complexity index is 614. The maximum atomic E-state index is 5.70. The average Bonchev–Trinajstić information content (AvgIpc) is 2.46. The molecule has 0 aromatic heterocycles. The van der Waals surface area contributed by atoms with E-state index in [-0.39, 0.29) is 5.96 Å². The van der Waals surface area contributed by atoms with Crippen LogP contribution in [0.5, 0.6) is 11.5 Å². The molecule has 0 amide bonds. The fourth-order valence-corrected chi connectivity index (χ4v) is 1.58. The van der Waals surface area contributed by atoms with Gasteiger partial charge in [0.2, 0.25) is 5.96 Å². The van der Waals surface area contributed by atoms with Crippen LogP contribution in [0.3, 0.4) is 0 Å². The first-order valence-electron chi connectivity index (χ1n) is 6.11. The highest BCUT2D eigenvalue weighted by Gasteiger charge is 2.00. The summed E-state index contributed by atoms with van der Waals surface area (Å²) in [7, 11) is 0. The zero-order chi connectivity index (χ0) is 14.4. The molecule has 0 unspecified atom stereocenters. The van der Waals surface area contributed by atoms with E-state index in [0.29, 0.717) is 0 Å². The predicted octanol–water partition coefficient (Wildman–Crippen LogP) is 2.48. The summed E-state index contributed by atoms with van der Waals surface area (Å²) >= 11 is 0. The molecule has 20 heavy (non-hydrogen) atoms. The maximum Gasteiger partial charge on any atom is 0.211 e. The van der Waals surface area contributed by atoms with Crippen molar-refractivity contribution in [3.63, 3.8) is 0 Å². The number of benzene rings is 2. The second-order valence-corrected chi connectivity index (χ2v) is 4.15. The number of hydrogen-bond acceptors (Lipinski definition) is 3. The normalized spacial score (nSPS) is 10.9. The molecule has 0 atom stereocenters. The first-order chi connectivity index (χ1) is 9.65. The third-order valence-electron chi connectivity index (χ3n) is 2.57. The zero-order valence-corrected chi connectivity index (χ0v) is 11.2. The highest BCUT2D eigenvalue weighted by molar-refractivity contribution is 5.99. The van der Waals surface area contributed by atoms with Crippen molar-refractivity contribution in [1.82, 2.24) is 0 Å². The van der Waals surface area contributed by atoms with Gasteiger partial charge in [-0.2, -0.15) is 5.10 Å². The summed E-state index contributed by atoms with van der Waals surface area (Å²) in [5.74, 6) is 1.49. The quantitative estimate of drug-likeness (QED) is 0.507. The molecule has 5 heteroatoms. The average molecular weight is 268 g/mol. The number of rotatable bonds is 4. The number of nitrogens with two attached hydrogens (primary N) is 2. The van der Waals surface area contributed by atoms with Gasteiger partial charge < -0.3 is 16.2 Å². The number of nitrogens with zero attached hydrogens (tertiary/aromatic N) is 2. The Morgan fingerprint density at radius 3 is 2.05 bits per heavy atom. The predicted molar refractivity (Wildman–Crippen MR) is 81.0 cm³/mol. The van der Waals surface area contributed by atoms with E-state index in [1.807, 2.05) is 61.5 Å². The van der Waals surface area contributed by atoms with Gasteiger partial charge in [-0.15, -0.1) is 5.10 Å². The Kier molecular flexibility index (Phi) is 4.34. The Hall–Kier alpha value is -2.82. The third kappa shape index (κ3) is 3.84. The van der Waals surface area contributed by atoms with Crippen molar-refractivity contribution in [3.8, 4) is 11.5 Å². The first kappa shape index (κ1) is 13.6. The van der Waals surface area contributed by atoms with Gasteiger partial charge in [-0.3, -0.25) is 0 Å². The summed E-state index contributed by atoms with van der Waals surface area (Å²) in [4.78, 5) is 0. The summed E-state index contributed by atoms with van der Waals surface area (Å²) in [6.45, 7) is 1.83. The molecule has 0 saturated heterocycles. The van der Waals surface area contributed by atoms with Crippen molar-refractivity contribution < 1.29 is 4.74 Å². The van der Waals surface area contributed by atoms with Gasteiger partial charge in [0.05, 0.1) is 5.71 Å². The fourth-order valence-electron chi connectivity index (χ4n) is 1.58. The van der Waals surface area contributed by atoms with Crippen LogP contribution in [0, 0.1) is 0 Å². The molecule has 0 aliphatic rings. The van der Waals surface area contributed by atoms with E-state index in [4.69, 9.17) is 16.2 Å². The molecule has 2 aromatic rings. The lowest BCUT2D eigenvalue weighted by atomic mass is 10.1. The molecule has 0 saturated carbocycles. The molecule has 0 bridgehead atoms. The lowest BCUT2D eigenvalue weighted by Gasteiger charge is -2.06. The van der Waals surface area contributed by atoms with E-state index in [1.54, 1.807) is 0 Å². The lowest BCUT2D eigenvalue weighted by molar-refractivity contribution is 0.482. The molecule has 0 aliphatic heterocycles. The minimum Gasteiger partial charge on any atom is -0.457 e. The molecule has 2 rings (SSSR count). The molecule has 5 nitrogen and oxygen atoms in total. The van der Waals surface area contributed by atoms with Gasteiger partial charge >= 0.3 is 0 Å². The van der Waals surface area contributed by atoms with Crippen molar-refractivity contribution in [2.75, 3.05) is 0 Å². The van der Waals surface area contributed by atoms with E-state index in [0.717, 1.165) is 22.8 Å². The lowest BCUT2D eigenvalue weighted by Crippen LogP contribution is -2.22. The smallest absolute Gasteiger partial charge is 0.211 e. The summed E-state index contributed by atoms with van der Waals surface area (Å²) in [6, 6.07) is 17.1. The van der Waals surface area contributed by atoms with Crippen molar-refractivity contribution in [3.05, 3.63) is 60.2 Å². The summed E-state index contributed by atoms with van der Waals surface area (Å²) in [5.41, 5.74) is 12.1. The van der Waals surface area contributed by atoms with Crippen LogP contribution in [-0.4, -0.2) is 11.7 Å². The topological polar surface area (TPSA) is 86.0 Å². The summed E-state index contributed by atoms with van der Waals surface area (Å²) in [5, 5.41) is 7.54. The molecule has 2 aromatic carbocycles. The first-order valence-corrected chi connectivity index (χ1v) is 6.11. The van der Waals surface area contributed by atoms with Crippen molar-refractivity contribution in [2.24, 2.45) is 21.7 Å². The Labute approximate surface area is 117 Å². The third-order valence-corrected chi connectivity index (χ3v) is 2.57. The molecule has 0 fully saturated rings. The molecule has 102 valence electrons. The standard InChI is InChI=1S/C15H16N4O/c1-11(18-19-15(16)17)12-7-9-14(10-8-12)20-13-5-3-2-4-6-13/h2-10H,1H3,(H4,16,17,19). The van der Waals surface area contributed by atoms with Gasteiger partial charge in [0.25, 0.3) is 0 Å². The number of guanidine groups is 1. The zero-order valence-electron chi connectivity index (χ0n) is 11.2. The van der Waals surface area contributed by atoms with Crippen molar-refractivity contribution >= 4 is 11.7 Å². The van der Waals surface area contributed by atoms with E-state index >= 15 is 0 Å². The molecular formula is C15H16N4O. The van der Waals surface area contributed by atoms with Crippen LogP contribution < -0.4 is 16.2 Å². The molecule has 0 radical (unpaired) electrons. The van der Waals surface area contributed by atoms with Gasteiger partial charge in [-0.25, -0.2) is 0 Å². The monoisotopic (exact) mass is 268 g/mol. The SMILES string of the molecule is CC(=NN=C(N)N)c1ccc(Oc2ccccc2)cc1. The van der Waals surface area contributed by atoms with Gasteiger partial charge in [0.1, 0.15) is 11.5 Å². The number of para-hydroxylation sites is 1. The number of hydrogen-bond donors (Lipinski definition) is 2. The molecule has 0 spiro atoms. The number of ether oxygens (including phenoxy) is 1. The largest absolute Gasteiger partial charge is 0.457 e. The minimum atomic E-state index is -0.0617. The molecule has 0 aliphatic carbocycles. The van der Waals surface area contributed by atoms with Gasteiger partial charge in [-0.05, 0) is 48.9 Å². The van der Waals surface area contributed by atoms with Crippen LogP contribution in [0.15, 0.2) is 64.8 Å². The molecule has 0 heterocycles. The van der Waals surface area contributed by atoms with Crippen LogP contribution in [0.25, 0.3) is 0 Å². The van der Waals surface area contributed by atoms with Crippen LogP contribution in [0.1, 0.15) is 12.5 Å². The van der Waals surface area contributed by atoms with Gasteiger partial charge in [-0.1, -0.05) is 18.2 Å². The van der Waals surface area contributed by atoms with E-state index in [9.17, 15) is 0 Å². The minimum absolute atomic E-state index is 0.0617. The second kappa shape index (κ2) is 6.38. The Balaban J connectivity index is 2.10. The van der Waals surface area contributed by atoms with Crippen molar-refractivity contribution in [2.45, 2.75) is 6.92 Å². The van der Waals surface area contributed by atoms with E-state index < -0.39 is 0 Å². The summed E-state index contributed by atoms with van der Waals surface area (Å²) < 4.78 is 5.70. The van der Waals surface area contributed by atoms with E-state index in [1.165, 1.54) is 0 Å². The summed E-state index contributed by atoms with van der Waals surface area (Å²) in [6.07, 6.45) is 0. The molecular weight excluding hydrogens is 252 g/mol. The van der Waals surface area contributed by atoms with Crippen LogP contribution in [0.4, 0.5) is 0 Å². The van der Waals surface area contributed by atoms with E-state index in [2.05, 4.69) is 10.2 Å². The Morgan fingerprint density at radius 1 is 0.850 bits per heavy atom. The Morgan fingerprint density at radius 2 is 1.45 bits per heavy atom.